The van der Waals surface area contributed by atoms with E-state index in [-0.39, 0.29) is 29.2 Å². The highest BCUT2D eigenvalue weighted by molar-refractivity contribution is 9.10. The van der Waals surface area contributed by atoms with Crippen LogP contribution in [0.3, 0.4) is 0 Å². The van der Waals surface area contributed by atoms with E-state index in [0.717, 1.165) is 23.3 Å². The summed E-state index contributed by atoms with van der Waals surface area (Å²) in [4.78, 5) is 0. The van der Waals surface area contributed by atoms with Crippen LogP contribution in [0.15, 0.2) is 102 Å². The Kier molecular flexibility index (Phi) is 11.5. The molecular weight excluding hydrogens is 637 g/mol. The first-order valence-corrected chi connectivity index (χ1v) is 12.7. The summed E-state index contributed by atoms with van der Waals surface area (Å²) in [5.41, 5.74) is 1.37. The average molecular weight is 659 g/mol. The Labute approximate surface area is 245 Å². The third-order valence-corrected chi connectivity index (χ3v) is 5.77. The lowest BCUT2D eigenvalue weighted by Crippen LogP contribution is -2.33. The van der Waals surface area contributed by atoms with Gasteiger partial charge in [0.25, 0.3) is 0 Å². The van der Waals surface area contributed by atoms with E-state index in [1.165, 1.54) is 18.2 Å². The highest BCUT2D eigenvalue weighted by Crippen LogP contribution is 2.34. The molecule has 0 fully saturated rings. The molecule has 42 heavy (non-hydrogen) atoms. The smallest absolute Gasteiger partial charge is 0.489 e. The van der Waals surface area contributed by atoms with Crippen LogP contribution in [0, 0.1) is 0 Å². The molecule has 0 atom stereocenters. The molecule has 0 amide bonds. The molecule has 0 bridgehead atoms. The Balaban J connectivity index is 0.000000231. The molecule has 0 saturated heterocycles. The molecule has 222 valence electrons. The van der Waals surface area contributed by atoms with Crippen molar-refractivity contribution in [1.29, 1.82) is 0 Å². The zero-order valence-electron chi connectivity index (χ0n) is 21.4. The lowest BCUT2D eigenvalue weighted by Gasteiger charge is -2.15. The first-order chi connectivity index (χ1) is 19.8. The van der Waals surface area contributed by atoms with Gasteiger partial charge in [-0.3, -0.25) is 0 Å². The quantitative estimate of drug-likeness (QED) is 0.153. The molecule has 0 heterocycles. The van der Waals surface area contributed by atoms with E-state index in [0.29, 0.717) is 5.75 Å². The minimum atomic E-state index is -4.94. The number of rotatable bonds is 9. The lowest BCUT2D eigenvalue weighted by atomic mass is 9.79. The molecule has 0 saturated carbocycles. The van der Waals surface area contributed by atoms with Crippen LogP contribution in [0.4, 0.5) is 26.3 Å². The van der Waals surface area contributed by atoms with E-state index in [1.807, 2.05) is 48.5 Å². The summed E-state index contributed by atoms with van der Waals surface area (Å²) in [6, 6.07) is 26.0. The normalized spacial score (nSPS) is 11.2. The Morgan fingerprint density at radius 3 is 1.48 bits per heavy atom. The number of hydrogen-bond acceptors (Lipinski definition) is 6. The highest BCUT2D eigenvalue weighted by Gasteiger charge is 2.34. The topological polar surface area (TPSA) is 77.4 Å². The van der Waals surface area contributed by atoms with E-state index in [4.69, 9.17) is 19.5 Å². The molecule has 14 heteroatoms. The van der Waals surface area contributed by atoms with Gasteiger partial charge in [0, 0.05) is 17.6 Å². The first kappa shape index (κ1) is 32.6. The van der Waals surface area contributed by atoms with Gasteiger partial charge in [-0.25, -0.2) is 0 Å². The lowest BCUT2D eigenvalue weighted by molar-refractivity contribution is -0.275. The van der Waals surface area contributed by atoms with Crippen molar-refractivity contribution in [2.24, 2.45) is 0 Å². The van der Waals surface area contributed by atoms with E-state index >= 15 is 0 Å². The van der Waals surface area contributed by atoms with Crippen LogP contribution in [0.1, 0.15) is 11.1 Å². The molecular formula is C28H22BBrF6O6. The maximum absolute atomic E-state index is 12.3. The predicted molar refractivity (Wildman–Crippen MR) is 145 cm³/mol. The van der Waals surface area contributed by atoms with Gasteiger partial charge in [0.2, 0.25) is 0 Å². The largest absolute Gasteiger partial charge is 0.573 e. The minimum absolute atomic E-state index is 0.118. The van der Waals surface area contributed by atoms with Crippen molar-refractivity contribution in [2.45, 2.75) is 25.9 Å². The summed E-state index contributed by atoms with van der Waals surface area (Å²) >= 11 is 3.00. The van der Waals surface area contributed by atoms with Gasteiger partial charge in [-0.2, -0.15) is 0 Å². The fraction of sp³-hybridized carbons (Fsp3) is 0.143. The Hall–Kier alpha value is -3.88. The Bertz CT molecular complexity index is 1410. The van der Waals surface area contributed by atoms with Crippen molar-refractivity contribution in [3.05, 3.63) is 113 Å². The van der Waals surface area contributed by atoms with Crippen molar-refractivity contribution in [2.75, 3.05) is 0 Å². The minimum Gasteiger partial charge on any atom is -0.489 e. The van der Waals surface area contributed by atoms with Crippen LogP contribution in [0.25, 0.3) is 0 Å². The summed E-state index contributed by atoms with van der Waals surface area (Å²) in [6.07, 6.45) is -9.68. The van der Waals surface area contributed by atoms with Gasteiger partial charge in [-0.05, 0) is 45.3 Å². The average Bonchev–Trinajstić information content (AvgIpc) is 2.92. The molecule has 2 N–H and O–H groups in total. The van der Waals surface area contributed by atoms with Crippen molar-refractivity contribution in [3.63, 3.8) is 0 Å². The molecule has 0 aliphatic carbocycles. The fourth-order valence-corrected chi connectivity index (χ4v) is 3.62. The van der Waals surface area contributed by atoms with Crippen molar-refractivity contribution < 1.29 is 55.3 Å². The first-order valence-electron chi connectivity index (χ1n) is 11.9. The summed E-state index contributed by atoms with van der Waals surface area (Å²) in [5, 5.41) is 18.1. The van der Waals surface area contributed by atoms with E-state index in [1.54, 1.807) is 18.2 Å². The summed E-state index contributed by atoms with van der Waals surface area (Å²) in [6.45, 7) is 0.432. The second kappa shape index (κ2) is 14.8. The molecule has 6 nitrogen and oxygen atoms in total. The number of ether oxygens (including phenoxy) is 4. The van der Waals surface area contributed by atoms with Crippen molar-refractivity contribution >= 4 is 28.5 Å². The van der Waals surface area contributed by atoms with Crippen LogP contribution in [0.5, 0.6) is 23.0 Å². The van der Waals surface area contributed by atoms with Gasteiger partial charge in [0.05, 0.1) is 4.47 Å². The molecule has 0 radical (unpaired) electrons. The van der Waals surface area contributed by atoms with E-state index < -0.39 is 31.1 Å². The molecule has 0 aromatic heterocycles. The number of halogens is 7. The summed E-state index contributed by atoms with van der Waals surface area (Å²) in [5.74, 6) is -0.625. The molecule has 4 rings (SSSR count). The van der Waals surface area contributed by atoms with Crippen LogP contribution in [0.2, 0.25) is 0 Å². The third-order valence-electron chi connectivity index (χ3n) is 5.11. The summed E-state index contributed by atoms with van der Waals surface area (Å²) in [7, 11) is -2.08. The van der Waals surface area contributed by atoms with E-state index in [2.05, 4.69) is 25.4 Å². The zero-order chi connectivity index (χ0) is 30.8. The number of hydrogen-bond donors (Lipinski definition) is 2. The SMILES string of the molecule is FC(F)(F)Oc1cc(OCc2ccccc2)ccc1Br.OB(O)c1ccc(OCc2ccccc2)cc1OC(F)(F)F. The van der Waals surface area contributed by atoms with Crippen molar-refractivity contribution in [1.82, 2.24) is 0 Å². The van der Waals surface area contributed by atoms with Crippen LogP contribution in [-0.4, -0.2) is 29.9 Å². The maximum Gasteiger partial charge on any atom is 0.573 e. The van der Waals surface area contributed by atoms with Gasteiger partial charge in [0.15, 0.2) is 0 Å². The number of benzene rings is 4. The van der Waals surface area contributed by atoms with Gasteiger partial charge in [-0.1, -0.05) is 66.7 Å². The van der Waals surface area contributed by atoms with Crippen LogP contribution in [-0.2, 0) is 13.2 Å². The Morgan fingerprint density at radius 2 is 1.02 bits per heavy atom. The zero-order valence-corrected chi connectivity index (χ0v) is 23.0. The second-order valence-corrected chi connectivity index (χ2v) is 9.16. The molecule has 0 aliphatic heterocycles. The summed E-state index contributed by atoms with van der Waals surface area (Å²) < 4.78 is 92.4. The van der Waals surface area contributed by atoms with Gasteiger partial charge >= 0.3 is 19.8 Å². The molecule has 0 unspecified atom stereocenters. The Morgan fingerprint density at radius 1 is 0.595 bits per heavy atom. The monoisotopic (exact) mass is 658 g/mol. The fourth-order valence-electron chi connectivity index (χ4n) is 3.29. The molecule has 4 aromatic carbocycles. The molecule has 0 spiro atoms. The van der Waals surface area contributed by atoms with Crippen LogP contribution < -0.4 is 24.4 Å². The van der Waals surface area contributed by atoms with Gasteiger partial charge < -0.3 is 29.0 Å². The standard InChI is InChI=1S/C14H12BF3O4.C14H10BrF3O2/c16-14(17,18)22-13-8-11(6-7-12(13)15(19)20)21-9-10-4-2-1-3-5-10;15-12-7-6-11(8-13(12)20-14(16,17)18)19-9-10-4-2-1-3-5-10/h1-8,19-20H,9H2;1-8H,9H2. The van der Waals surface area contributed by atoms with Crippen LogP contribution >= 0.6 is 15.9 Å². The number of alkyl halides is 6. The van der Waals surface area contributed by atoms with Gasteiger partial charge in [-0.15, -0.1) is 26.3 Å². The highest BCUT2D eigenvalue weighted by atomic mass is 79.9. The van der Waals surface area contributed by atoms with Crippen molar-refractivity contribution in [3.8, 4) is 23.0 Å². The van der Waals surface area contributed by atoms with E-state index in [9.17, 15) is 26.3 Å². The van der Waals surface area contributed by atoms with Gasteiger partial charge in [0.1, 0.15) is 36.2 Å². The second-order valence-electron chi connectivity index (χ2n) is 8.31. The molecule has 4 aromatic rings. The maximum atomic E-state index is 12.3. The third kappa shape index (κ3) is 11.5. The predicted octanol–water partition coefficient (Wildman–Crippen LogP) is 6.77. The molecule has 0 aliphatic rings.